The standard InChI is InChI=1S/C15H18N5O3PS/c1-11(7-20-9-19-13-14(16)17-8-18-15(13)20)22-10-24(21,25)23-12-5-3-2-4-6-12/h2-6,8-9,11H,7,10H2,1H3,(H,21,25)(H2,16,17,18)/t11-,24?/m1/s1. The number of rotatable bonds is 7. The molecule has 2 heterocycles. The van der Waals surface area contributed by atoms with Gasteiger partial charge in [0.1, 0.15) is 23.9 Å². The fraction of sp³-hybridized carbons (Fsp3) is 0.267. The highest BCUT2D eigenvalue weighted by Gasteiger charge is 2.18. The Kier molecular flexibility index (Phi) is 5.29. The van der Waals surface area contributed by atoms with Crippen LogP contribution in [0.1, 0.15) is 6.92 Å². The van der Waals surface area contributed by atoms with Gasteiger partial charge in [-0.3, -0.25) is 0 Å². The van der Waals surface area contributed by atoms with Crippen LogP contribution >= 0.6 is 6.49 Å². The van der Waals surface area contributed by atoms with Gasteiger partial charge in [-0.1, -0.05) is 18.2 Å². The molecule has 2 atom stereocenters. The predicted molar refractivity (Wildman–Crippen MR) is 98.7 cm³/mol. The molecule has 3 rings (SSSR count). The number of para-hydroxylation sites is 1. The second-order valence-electron chi connectivity index (χ2n) is 5.48. The van der Waals surface area contributed by atoms with Crippen molar-refractivity contribution in [2.75, 3.05) is 12.1 Å². The third-order valence-corrected chi connectivity index (χ3v) is 4.91. The number of hydrogen-bond donors (Lipinski definition) is 2. The van der Waals surface area contributed by atoms with Crippen molar-refractivity contribution in [3.63, 3.8) is 0 Å². The summed E-state index contributed by atoms with van der Waals surface area (Å²) in [6.45, 7) is -0.725. The summed E-state index contributed by atoms with van der Waals surface area (Å²) in [6, 6.07) is 8.96. The maximum absolute atomic E-state index is 10.3. The summed E-state index contributed by atoms with van der Waals surface area (Å²) in [5.41, 5.74) is 6.95. The Labute approximate surface area is 149 Å². The van der Waals surface area contributed by atoms with Gasteiger partial charge in [-0.15, -0.1) is 0 Å². The summed E-state index contributed by atoms with van der Waals surface area (Å²) < 4.78 is 13.0. The smallest absolute Gasteiger partial charge is 0.261 e. The first kappa shape index (κ1) is 17.8. The highest BCUT2D eigenvalue weighted by atomic mass is 32.5. The summed E-state index contributed by atoms with van der Waals surface area (Å²) in [5, 5.41) is 0. The number of aromatic nitrogens is 4. The summed E-state index contributed by atoms with van der Waals surface area (Å²) in [6.07, 6.45) is 2.73. The maximum Gasteiger partial charge on any atom is 0.261 e. The van der Waals surface area contributed by atoms with Crippen LogP contribution in [-0.4, -0.2) is 36.9 Å². The Morgan fingerprint density at radius 1 is 1.28 bits per heavy atom. The van der Waals surface area contributed by atoms with Gasteiger partial charge in [0.05, 0.1) is 19.0 Å². The van der Waals surface area contributed by atoms with E-state index in [2.05, 4.69) is 15.0 Å². The molecule has 1 aromatic carbocycles. The maximum atomic E-state index is 10.3. The number of imidazole rings is 1. The van der Waals surface area contributed by atoms with Crippen molar-refractivity contribution in [1.29, 1.82) is 0 Å². The molecule has 0 bridgehead atoms. The van der Waals surface area contributed by atoms with Crippen LogP contribution in [0.4, 0.5) is 5.82 Å². The Bertz CT molecular complexity index is 905. The average Bonchev–Trinajstić information content (AvgIpc) is 2.98. The van der Waals surface area contributed by atoms with E-state index >= 15 is 0 Å². The van der Waals surface area contributed by atoms with Crippen LogP contribution in [0, 0.1) is 0 Å². The molecule has 10 heteroatoms. The van der Waals surface area contributed by atoms with E-state index in [4.69, 9.17) is 26.8 Å². The lowest BCUT2D eigenvalue weighted by Crippen LogP contribution is -2.18. The van der Waals surface area contributed by atoms with Crippen LogP contribution in [-0.2, 0) is 23.1 Å². The molecule has 0 amide bonds. The minimum Gasteiger partial charge on any atom is -0.442 e. The highest BCUT2D eigenvalue weighted by Crippen LogP contribution is 2.43. The topological polar surface area (TPSA) is 108 Å². The van der Waals surface area contributed by atoms with Crippen LogP contribution in [0.3, 0.4) is 0 Å². The van der Waals surface area contributed by atoms with Crippen LogP contribution in [0.2, 0.25) is 0 Å². The van der Waals surface area contributed by atoms with E-state index in [0.29, 0.717) is 29.3 Å². The van der Waals surface area contributed by atoms with Gasteiger partial charge in [-0.2, -0.15) is 0 Å². The molecule has 132 valence electrons. The fourth-order valence-electron chi connectivity index (χ4n) is 2.26. The van der Waals surface area contributed by atoms with Crippen molar-refractivity contribution in [3.8, 4) is 5.75 Å². The Morgan fingerprint density at radius 2 is 2.04 bits per heavy atom. The Hall–Kier alpha value is -2.06. The molecule has 3 aromatic rings. The van der Waals surface area contributed by atoms with Crippen molar-refractivity contribution in [2.45, 2.75) is 19.6 Å². The fourth-order valence-corrected chi connectivity index (χ4v) is 3.64. The molecule has 0 aliphatic heterocycles. The molecule has 1 unspecified atom stereocenters. The third kappa shape index (κ3) is 4.52. The molecule has 0 aliphatic carbocycles. The molecule has 0 spiro atoms. The molecule has 3 N–H and O–H groups in total. The van der Waals surface area contributed by atoms with Crippen LogP contribution in [0.15, 0.2) is 43.0 Å². The summed E-state index contributed by atoms with van der Waals surface area (Å²) in [5.74, 6) is 0.858. The zero-order valence-electron chi connectivity index (χ0n) is 13.5. The molecule has 0 fully saturated rings. The van der Waals surface area contributed by atoms with E-state index in [1.807, 2.05) is 29.7 Å². The first-order valence-corrected chi connectivity index (χ1v) is 10.4. The number of fused-ring (bicyclic) bond motifs is 1. The van der Waals surface area contributed by atoms with Gasteiger partial charge >= 0.3 is 0 Å². The van der Waals surface area contributed by atoms with Gasteiger partial charge in [0.2, 0.25) is 0 Å². The lowest BCUT2D eigenvalue weighted by atomic mass is 10.3. The van der Waals surface area contributed by atoms with Crippen molar-refractivity contribution in [2.24, 2.45) is 0 Å². The number of hydrogen-bond acceptors (Lipinski definition) is 7. The minimum atomic E-state index is -3.07. The second kappa shape index (κ2) is 7.45. The largest absolute Gasteiger partial charge is 0.442 e. The SMILES string of the molecule is C[C@H](Cn1cnc2c(N)ncnc21)OCP(O)(=S)Oc1ccccc1. The van der Waals surface area contributed by atoms with Crippen molar-refractivity contribution in [1.82, 2.24) is 19.5 Å². The van der Waals surface area contributed by atoms with Crippen LogP contribution in [0.25, 0.3) is 11.2 Å². The van der Waals surface area contributed by atoms with Gasteiger partial charge < -0.3 is 24.5 Å². The zero-order chi connectivity index (χ0) is 17.9. The lowest BCUT2D eigenvalue weighted by molar-refractivity contribution is 0.0823. The molecular weight excluding hydrogens is 361 g/mol. The third-order valence-electron chi connectivity index (χ3n) is 3.40. The quantitative estimate of drug-likeness (QED) is 0.601. The number of anilines is 1. The van der Waals surface area contributed by atoms with Crippen LogP contribution < -0.4 is 10.3 Å². The number of ether oxygens (including phenoxy) is 1. The molecule has 0 saturated heterocycles. The first-order valence-electron chi connectivity index (χ1n) is 7.54. The lowest BCUT2D eigenvalue weighted by Gasteiger charge is -2.20. The van der Waals surface area contributed by atoms with Crippen molar-refractivity contribution < 1.29 is 14.2 Å². The van der Waals surface area contributed by atoms with E-state index < -0.39 is 6.49 Å². The predicted octanol–water partition coefficient (Wildman–Crippen LogP) is 2.15. The minimum absolute atomic E-state index is 0.0534. The van der Waals surface area contributed by atoms with Gasteiger partial charge in [0.15, 0.2) is 11.5 Å². The Balaban J connectivity index is 1.59. The van der Waals surface area contributed by atoms with Crippen molar-refractivity contribution >= 4 is 35.3 Å². The normalized spacial score (nSPS) is 15.0. The zero-order valence-corrected chi connectivity index (χ0v) is 15.2. The van der Waals surface area contributed by atoms with E-state index in [1.54, 1.807) is 18.5 Å². The molecule has 8 nitrogen and oxygen atoms in total. The monoisotopic (exact) mass is 379 g/mol. The molecule has 0 aliphatic rings. The van der Waals surface area contributed by atoms with Crippen LogP contribution in [0.5, 0.6) is 5.75 Å². The number of nitrogens with two attached hydrogens (primary N) is 1. The summed E-state index contributed by atoms with van der Waals surface area (Å²) >= 11 is 5.15. The molecular formula is C15H18N5O3PS. The van der Waals surface area contributed by atoms with Gasteiger partial charge in [-0.25, -0.2) is 15.0 Å². The van der Waals surface area contributed by atoms with E-state index in [9.17, 15) is 4.89 Å². The molecule has 0 saturated carbocycles. The Morgan fingerprint density at radius 3 is 2.80 bits per heavy atom. The average molecular weight is 379 g/mol. The summed E-state index contributed by atoms with van der Waals surface area (Å²) in [4.78, 5) is 22.6. The van der Waals surface area contributed by atoms with Gasteiger partial charge in [0, 0.05) is 0 Å². The van der Waals surface area contributed by atoms with E-state index in [-0.39, 0.29) is 12.5 Å². The van der Waals surface area contributed by atoms with E-state index in [0.717, 1.165) is 0 Å². The van der Waals surface area contributed by atoms with Gasteiger partial charge in [-0.05, 0) is 30.9 Å². The van der Waals surface area contributed by atoms with Gasteiger partial charge in [0.25, 0.3) is 6.49 Å². The number of nitrogens with zero attached hydrogens (tertiary/aromatic N) is 4. The second-order valence-corrected chi connectivity index (χ2v) is 8.90. The van der Waals surface area contributed by atoms with Crippen molar-refractivity contribution in [3.05, 3.63) is 43.0 Å². The first-order chi connectivity index (χ1) is 11.9. The number of nitrogen functional groups attached to an aromatic ring is 1. The number of benzene rings is 1. The molecule has 2 aromatic heterocycles. The van der Waals surface area contributed by atoms with E-state index in [1.165, 1.54) is 6.33 Å². The summed E-state index contributed by atoms with van der Waals surface area (Å²) in [7, 11) is 0. The molecule has 0 radical (unpaired) electrons. The highest BCUT2D eigenvalue weighted by molar-refractivity contribution is 8.09. The molecule has 25 heavy (non-hydrogen) atoms.